The van der Waals surface area contributed by atoms with Gasteiger partial charge in [0.2, 0.25) is 0 Å². The molecule has 3 rings (SSSR count). The van der Waals surface area contributed by atoms with Gasteiger partial charge in [-0.3, -0.25) is 19.6 Å². The summed E-state index contributed by atoms with van der Waals surface area (Å²) in [5.74, 6) is -1.26. The molecule has 1 N–H and O–H groups in total. The zero-order valence-corrected chi connectivity index (χ0v) is 11.8. The molecule has 1 aliphatic heterocycles. The van der Waals surface area contributed by atoms with Gasteiger partial charge in [0.15, 0.2) is 5.69 Å². The van der Waals surface area contributed by atoms with Crippen LogP contribution in [0.25, 0.3) is 0 Å². The maximum Gasteiger partial charge on any atom is 0.358 e. The first-order valence-electron chi connectivity index (χ1n) is 6.78. The number of nitrogens with zero attached hydrogens (tertiary/aromatic N) is 2. The fourth-order valence-electron chi connectivity index (χ4n) is 2.31. The van der Waals surface area contributed by atoms with Gasteiger partial charge in [0.25, 0.3) is 11.8 Å². The van der Waals surface area contributed by atoms with E-state index in [0.29, 0.717) is 16.8 Å². The van der Waals surface area contributed by atoms with Gasteiger partial charge in [-0.1, -0.05) is 12.1 Å². The molecule has 1 aromatic carbocycles. The second-order valence-corrected chi connectivity index (χ2v) is 4.74. The second-order valence-electron chi connectivity index (χ2n) is 4.74. The summed E-state index contributed by atoms with van der Waals surface area (Å²) in [5, 5.41) is 6.47. The first-order chi connectivity index (χ1) is 10.6. The fourth-order valence-corrected chi connectivity index (χ4v) is 2.31. The Morgan fingerprint density at radius 3 is 2.45 bits per heavy atom. The second kappa shape index (κ2) is 5.44. The fraction of sp³-hybridized carbons (Fsp3) is 0.200. The number of nitrogens with one attached hydrogen (secondary N) is 1. The van der Waals surface area contributed by atoms with E-state index in [4.69, 9.17) is 4.74 Å². The molecule has 0 saturated heterocycles. The van der Waals surface area contributed by atoms with Crippen molar-refractivity contribution in [2.24, 2.45) is 0 Å². The van der Waals surface area contributed by atoms with Crippen LogP contribution >= 0.6 is 0 Å². The van der Waals surface area contributed by atoms with Crippen LogP contribution in [-0.2, 0) is 11.3 Å². The molecular formula is C15H13N3O4. The number of hydrogen-bond acceptors (Lipinski definition) is 5. The number of imide groups is 1. The van der Waals surface area contributed by atoms with E-state index in [1.807, 2.05) is 0 Å². The molecule has 0 unspecified atom stereocenters. The summed E-state index contributed by atoms with van der Waals surface area (Å²) in [4.78, 5) is 37.1. The third kappa shape index (κ3) is 2.26. The molecule has 0 saturated carbocycles. The lowest BCUT2D eigenvalue weighted by Gasteiger charge is -2.11. The molecule has 1 aromatic heterocycles. The summed E-state index contributed by atoms with van der Waals surface area (Å²) in [6.45, 7) is 1.97. The molecule has 2 heterocycles. The predicted molar refractivity (Wildman–Crippen MR) is 75.2 cm³/mol. The largest absolute Gasteiger partial charge is 0.461 e. The summed E-state index contributed by atoms with van der Waals surface area (Å²) in [7, 11) is 0. The highest BCUT2D eigenvalue weighted by atomic mass is 16.5. The lowest BCUT2D eigenvalue weighted by atomic mass is 10.1. The number of carbonyl (C=O) groups is 3. The Morgan fingerprint density at radius 2 is 1.86 bits per heavy atom. The molecule has 7 nitrogen and oxygen atoms in total. The molecule has 1 aliphatic rings. The van der Waals surface area contributed by atoms with Crippen molar-refractivity contribution in [3.63, 3.8) is 0 Å². The average Bonchev–Trinajstić information content (AvgIpc) is 3.08. The predicted octanol–water partition coefficient (Wildman–Crippen LogP) is 1.38. The number of rotatable bonds is 4. The summed E-state index contributed by atoms with van der Waals surface area (Å²) < 4.78 is 4.84. The van der Waals surface area contributed by atoms with E-state index >= 15 is 0 Å². The van der Waals surface area contributed by atoms with E-state index in [0.717, 1.165) is 4.90 Å². The SMILES string of the molecule is CCOC(=O)c1cc(CN2C(=O)c3ccccc3C2=O)[nH]n1. The van der Waals surface area contributed by atoms with Gasteiger partial charge >= 0.3 is 5.97 Å². The van der Waals surface area contributed by atoms with E-state index in [9.17, 15) is 14.4 Å². The van der Waals surface area contributed by atoms with Gasteiger partial charge in [-0.15, -0.1) is 0 Å². The minimum Gasteiger partial charge on any atom is -0.461 e. The van der Waals surface area contributed by atoms with Crippen molar-refractivity contribution in [1.29, 1.82) is 0 Å². The minimum atomic E-state index is -0.549. The molecule has 0 spiro atoms. The van der Waals surface area contributed by atoms with Crippen molar-refractivity contribution >= 4 is 17.8 Å². The topological polar surface area (TPSA) is 92.4 Å². The number of carbonyl (C=O) groups excluding carboxylic acids is 3. The Labute approximate surface area is 125 Å². The smallest absolute Gasteiger partial charge is 0.358 e. The molecule has 0 aliphatic carbocycles. The molecule has 112 valence electrons. The summed E-state index contributed by atoms with van der Waals surface area (Å²) in [6.07, 6.45) is 0. The Kier molecular flexibility index (Phi) is 3.46. The van der Waals surface area contributed by atoms with Crippen LogP contribution < -0.4 is 0 Å². The summed E-state index contributed by atoms with van der Waals surface area (Å²) >= 11 is 0. The maximum absolute atomic E-state index is 12.2. The van der Waals surface area contributed by atoms with Crippen LogP contribution in [0.5, 0.6) is 0 Å². The lowest BCUT2D eigenvalue weighted by Crippen LogP contribution is -2.29. The van der Waals surface area contributed by atoms with Crippen molar-refractivity contribution in [2.45, 2.75) is 13.5 Å². The molecule has 2 aromatic rings. The molecule has 0 fully saturated rings. The first-order valence-corrected chi connectivity index (χ1v) is 6.78. The summed E-state index contributed by atoms with van der Waals surface area (Å²) in [6, 6.07) is 8.13. The van der Waals surface area contributed by atoms with Crippen LogP contribution in [0.1, 0.15) is 43.8 Å². The number of benzene rings is 1. The molecule has 7 heteroatoms. The average molecular weight is 299 g/mol. The third-order valence-corrected chi connectivity index (χ3v) is 3.32. The normalized spacial score (nSPS) is 13.4. The standard InChI is InChI=1S/C15H13N3O4/c1-2-22-15(21)12-7-9(16-17-12)8-18-13(19)10-5-3-4-6-11(10)14(18)20/h3-7H,2,8H2,1H3,(H,16,17). The van der Waals surface area contributed by atoms with Crippen molar-refractivity contribution in [1.82, 2.24) is 15.1 Å². The highest BCUT2D eigenvalue weighted by molar-refractivity contribution is 6.21. The van der Waals surface area contributed by atoms with Crippen molar-refractivity contribution < 1.29 is 19.1 Å². The van der Waals surface area contributed by atoms with E-state index in [1.54, 1.807) is 31.2 Å². The molecule has 0 radical (unpaired) electrons. The third-order valence-electron chi connectivity index (χ3n) is 3.32. The number of hydrogen-bond donors (Lipinski definition) is 1. The van der Waals surface area contributed by atoms with Crippen LogP contribution in [0.15, 0.2) is 30.3 Å². The van der Waals surface area contributed by atoms with Crippen LogP contribution in [0.2, 0.25) is 0 Å². The van der Waals surface area contributed by atoms with E-state index in [1.165, 1.54) is 6.07 Å². The van der Waals surface area contributed by atoms with Crippen LogP contribution in [0.3, 0.4) is 0 Å². The van der Waals surface area contributed by atoms with Gasteiger partial charge in [0.1, 0.15) is 0 Å². The Morgan fingerprint density at radius 1 is 1.23 bits per heavy atom. The van der Waals surface area contributed by atoms with E-state index in [-0.39, 0.29) is 30.7 Å². The number of esters is 1. The van der Waals surface area contributed by atoms with Gasteiger partial charge in [-0.2, -0.15) is 5.10 Å². The van der Waals surface area contributed by atoms with Gasteiger partial charge in [-0.25, -0.2) is 4.79 Å². The van der Waals surface area contributed by atoms with Crippen LogP contribution in [0, 0.1) is 0 Å². The van der Waals surface area contributed by atoms with Crippen LogP contribution in [0.4, 0.5) is 0 Å². The number of aromatic amines is 1. The minimum absolute atomic E-state index is 0.0265. The number of fused-ring (bicyclic) bond motifs is 1. The van der Waals surface area contributed by atoms with Crippen LogP contribution in [-0.4, -0.2) is 39.5 Å². The molecule has 0 atom stereocenters. The van der Waals surface area contributed by atoms with E-state index in [2.05, 4.69) is 10.2 Å². The van der Waals surface area contributed by atoms with Gasteiger partial charge in [-0.05, 0) is 25.1 Å². The number of amides is 2. The highest BCUT2D eigenvalue weighted by Gasteiger charge is 2.35. The molecule has 0 bridgehead atoms. The molecule has 2 amide bonds. The maximum atomic E-state index is 12.2. The monoisotopic (exact) mass is 299 g/mol. The number of ether oxygens (including phenoxy) is 1. The van der Waals surface area contributed by atoms with Crippen molar-refractivity contribution in [3.8, 4) is 0 Å². The number of H-pyrrole nitrogens is 1. The number of aromatic nitrogens is 2. The summed E-state index contributed by atoms with van der Waals surface area (Å²) in [5.41, 5.74) is 1.38. The Bertz CT molecular complexity index is 731. The lowest BCUT2D eigenvalue weighted by molar-refractivity contribution is 0.0518. The highest BCUT2D eigenvalue weighted by Crippen LogP contribution is 2.23. The van der Waals surface area contributed by atoms with Gasteiger partial charge in [0.05, 0.1) is 30.0 Å². The Hall–Kier alpha value is -2.96. The van der Waals surface area contributed by atoms with E-state index < -0.39 is 5.97 Å². The zero-order chi connectivity index (χ0) is 15.7. The van der Waals surface area contributed by atoms with Crippen molar-refractivity contribution in [3.05, 3.63) is 52.8 Å². The molecule has 22 heavy (non-hydrogen) atoms. The van der Waals surface area contributed by atoms with Crippen molar-refractivity contribution in [2.75, 3.05) is 6.61 Å². The first kappa shape index (κ1) is 14.0. The van der Waals surface area contributed by atoms with Gasteiger partial charge in [0, 0.05) is 0 Å². The zero-order valence-electron chi connectivity index (χ0n) is 11.8. The van der Waals surface area contributed by atoms with Gasteiger partial charge < -0.3 is 4.74 Å². The Balaban J connectivity index is 1.79. The molecular weight excluding hydrogens is 286 g/mol. The quantitative estimate of drug-likeness (QED) is 0.680.